The summed E-state index contributed by atoms with van der Waals surface area (Å²) < 4.78 is 5.49. The van der Waals surface area contributed by atoms with Gasteiger partial charge in [0.1, 0.15) is 5.75 Å². The molecule has 0 radical (unpaired) electrons. The molecule has 1 N–H and O–H groups in total. The summed E-state index contributed by atoms with van der Waals surface area (Å²) in [5.74, 6) is 0.613. The first-order valence-electron chi connectivity index (χ1n) is 5.34. The molecule has 0 bridgehead atoms. The zero-order valence-corrected chi connectivity index (χ0v) is 10.7. The Balaban J connectivity index is 2.26. The zero-order valence-electron chi connectivity index (χ0n) is 9.96. The van der Waals surface area contributed by atoms with Crippen molar-refractivity contribution in [2.45, 2.75) is 19.8 Å². The van der Waals surface area contributed by atoms with Crippen LogP contribution in [0.25, 0.3) is 0 Å². The SMILES string of the molecule is CONC(=O)CCCOc1ccc(Cl)c(C)c1. The van der Waals surface area contributed by atoms with Crippen LogP contribution < -0.4 is 10.2 Å². The number of hydroxylamine groups is 1. The molecule has 17 heavy (non-hydrogen) atoms. The first kappa shape index (κ1) is 13.8. The number of ether oxygens (including phenoxy) is 1. The van der Waals surface area contributed by atoms with Crippen LogP contribution in [-0.4, -0.2) is 19.6 Å². The second-order valence-electron chi connectivity index (χ2n) is 3.59. The number of nitrogens with one attached hydrogen (secondary N) is 1. The van der Waals surface area contributed by atoms with Crippen LogP contribution in [0.4, 0.5) is 0 Å². The summed E-state index contributed by atoms with van der Waals surface area (Å²) in [7, 11) is 1.41. The molecule has 94 valence electrons. The Morgan fingerprint density at radius 1 is 1.47 bits per heavy atom. The van der Waals surface area contributed by atoms with Crippen LogP contribution in [0.3, 0.4) is 0 Å². The molecule has 4 nitrogen and oxygen atoms in total. The molecule has 0 heterocycles. The molecule has 0 aliphatic heterocycles. The van der Waals surface area contributed by atoms with E-state index in [-0.39, 0.29) is 5.91 Å². The largest absolute Gasteiger partial charge is 0.494 e. The van der Waals surface area contributed by atoms with Gasteiger partial charge in [-0.05, 0) is 37.1 Å². The van der Waals surface area contributed by atoms with E-state index in [2.05, 4.69) is 10.3 Å². The Morgan fingerprint density at radius 2 is 2.24 bits per heavy atom. The predicted octanol–water partition coefficient (Wildman–Crippen LogP) is 2.49. The van der Waals surface area contributed by atoms with E-state index in [1.165, 1.54) is 7.11 Å². The maximum Gasteiger partial charge on any atom is 0.243 e. The molecule has 1 aromatic rings. The van der Waals surface area contributed by atoms with E-state index in [4.69, 9.17) is 16.3 Å². The van der Waals surface area contributed by atoms with E-state index in [0.29, 0.717) is 19.4 Å². The Morgan fingerprint density at radius 3 is 2.88 bits per heavy atom. The normalized spacial score (nSPS) is 10.1. The highest BCUT2D eigenvalue weighted by Gasteiger charge is 2.01. The fourth-order valence-corrected chi connectivity index (χ4v) is 1.41. The highest BCUT2D eigenvalue weighted by molar-refractivity contribution is 6.31. The molecule has 0 saturated carbocycles. The number of halogens is 1. The monoisotopic (exact) mass is 257 g/mol. The molecular formula is C12H16ClNO3. The maximum atomic E-state index is 11.0. The molecular weight excluding hydrogens is 242 g/mol. The van der Waals surface area contributed by atoms with Gasteiger partial charge in [0.2, 0.25) is 5.91 Å². The summed E-state index contributed by atoms with van der Waals surface area (Å²) in [6.45, 7) is 2.40. The average molecular weight is 258 g/mol. The minimum atomic E-state index is -0.150. The van der Waals surface area contributed by atoms with Crippen molar-refractivity contribution < 1.29 is 14.4 Å². The number of aryl methyl sites for hydroxylation is 1. The van der Waals surface area contributed by atoms with Crippen LogP contribution in [0, 0.1) is 6.92 Å². The average Bonchev–Trinajstić information content (AvgIpc) is 2.29. The molecule has 5 heteroatoms. The van der Waals surface area contributed by atoms with Crippen molar-refractivity contribution in [2.75, 3.05) is 13.7 Å². The van der Waals surface area contributed by atoms with Gasteiger partial charge in [0.25, 0.3) is 0 Å². The summed E-state index contributed by atoms with van der Waals surface area (Å²) in [6.07, 6.45) is 1.01. The smallest absolute Gasteiger partial charge is 0.243 e. The molecule has 0 unspecified atom stereocenters. The van der Waals surface area contributed by atoms with Gasteiger partial charge in [0, 0.05) is 11.4 Å². The van der Waals surface area contributed by atoms with E-state index in [1.54, 1.807) is 6.07 Å². The number of benzene rings is 1. The minimum absolute atomic E-state index is 0.150. The molecule has 0 aliphatic carbocycles. The number of amides is 1. The van der Waals surface area contributed by atoms with E-state index in [0.717, 1.165) is 16.3 Å². The lowest BCUT2D eigenvalue weighted by Crippen LogP contribution is -2.21. The quantitative estimate of drug-likeness (QED) is 0.629. The Hall–Kier alpha value is -1.26. The maximum absolute atomic E-state index is 11.0. The summed E-state index contributed by atoms with van der Waals surface area (Å²) in [5, 5.41) is 0.719. The topological polar surface area (TPSA) is 47.6 Å². The molecule has 0 aromatic heterocycles. The van der Waals surface area contributed by atoms with E-state index >= 15 is 0 Å². The van der Waals surface area contributed by atoms with E-state index in [1.807, 2.05) is 19.1 Å². The molecule has 1 rings (SSSR count). The summed E-state index contributed by atoms with van der Waals surface area (Å²) in [5.41, 5.74) is 3.22. The lowest BCUT2D eigenvalue weighted by Gasteiger charge is -2.07. The van der Waals surface area contributed by atoms with Crippen molar-refractivity contribution in [1.82, 2.24) is 5.48 Å². The lowest BCUT2D eigenvalue weighted by molar-refractivity contribution is -0.131. The van der Waals surface area contributed by atoms with Gasteiger partial charge < -0.3 is 4.74 Å². The third-order valence-electron chi connectivity index (χ3n) is 2.16. The van der Waals surface area contributed by atoms with Crippen molar-refractivity contribution in [2.24, 2.45) is 0 Å². The first-order chi connectivity index (χ1) is 8.13. The fraction of sp³-hybridized carbons (Fsp3) is 0.417. The molecule has 1 aromatic carbocycles. The van der Waals surface area contributed by atoms with E-state index in [9.17, 15) is 4.79 Å². The number of hydrogen-bond donors (Lipinski definition) is 1. The highest BCUT2D eigenvalue weighted by Crippen LogP contribution is 2.21. The van der Waals surface area contributed by atoms with Crippen molar-refractivity contribution >= 4 is 17.5 Å². The van der Waals surface area contributed by atoms with Gasteiger partial charge in [-0.1, -0.05) is 11.6 Å². The second-order valence-corrected chi connectivity index (χ2v) is 4.00. The van der Waals surface area contributed by atoms with Crippen LogP contribution in [0.2, 0.25) is 5.02 Å². The Labute approximate surface area is 106 Å². The molecule has 0 aliphatic rings. The number of hydrogen-bond acceptors (Lipinski definition) is 3. The number of carbonyl (C=O) groups is 1. The van der Waals surface area contributed by atoms with Gasteiger partial charge in [-0.2, -0.15) is 0 Å². The highest BCUT2D eigenvalue weighted by atomic mass is 35.5. The van der Waals surface area contributed by atoms with Gasteiger partial charge >= 0.3 is 0 Å². The van der Waals surface area contributed by atoms with Crippen molar-refractivity contribution in [3.63, 3.8) is 0 Å². The minimum Gasteiger partial charge on any atom is -0.494 e. The third-order valence-corrected chi connectivity index (χ3v) is 2.59. The fourth-order valence-electron chi connectivity index (χ4n) is 1.29. The van der Waals surface area contributed by atoms with Crippen molar-refractivity contribution in [3.8, 4) is 5.75 Å². The van der Waals surface area contributed by atoms with Crippen molar-refractivity contribution in [1.29, 1.82) is 0 Å². The van der Waals surface area contributed by atoms with Gasteiger partial charge in [-0.25, -0.2) is 5.48 Å². The van der Waals surface area contributed by atoms with Crippen LogP contribution >= 0.6 is 11.6 Å². The third kappa shape index (κ3) is 5.06. The molecule has 0 atom stereocenters. The zero-order chi connectivity index (χ0) is 12.7. The molecule has 0 spiro atoms. The summed E-state index contributed by atoms with van der Waals surface area (Å²) in [4.78, 5) is 15.5. The molecule has 1 amide bonds. The van der Waals surface area contributed by atoms with Gasteiger partial charge in [0.05, 0.1) is 13.7 Å². The van der Waals surface area contributed by atoms with Crippen molar-refractivity contribution in [3.05, 3.63) is 28.8 Å². The first-order valence-corrected chi connectivity index (χ1v) is 5.72. The van der Waals surface area contributed by atoms with Gasteiger partial charge in [-0.3, -0.25) is 9.63 Å². The van der Waals surface area contributed by atoms with Crippen LogP contribution in [-0.2, 0) is 9.63 Å². The lowest BCUT2D eigenvalue weighted by atomic mass is 10.2. The van der Waals surface area contributed by atoms with E-state index < -0.39 is 0 Å². The molecule has 0 fully saturated rings. The van der Waals surface area contributed by atoms with Gasteiger partial charge in [0.15, 0.2) is 0 Å². The van der Waals surface area contributed by atoms with Crippen LogP contribution in [0.5, 0.6) is 5.75 Å². The van der Waals surface area contributed by atoms with Crippen LogP contribution in [0.15, 0.2) is 18.2 Å². The Kier molecular flexibility index (Phi) is 5.80. The summed E-state index contributed by atoms with van der Waals surface area (Å²) >= 11 is 5.90. The number of rotatable bonds is 6. The summed E-state index contributed by atoms with van der Waals surface area (Å²) in [6, 6.07) is 5.48. The number of carbonyl (C=O) groups excluding carboxylic acids is 1. The second kappa shape index (κ2) is 7.14. The molecule has 0 saturated heterocycles. The standard InChI is InChI=1S/C12H16ClNO3/c1-9-8-10(5-6-11(9)13)17-7-3-4-12(15)14-16-2/h5-6,8H,3-4,7H2,1-2H3,(H,14,15). The van der Waals surface area contributed by atoms with Gasteiger partial charge in [-0.15, -0.1) is 0 Å². The Bertz CT molecular complexity index is 382. The van der Waals surface area contributed by atoms with Crippen LogP contribution in [0.1, 0.15) is 18.4 Å². The predicted molar refractivity (Wildman–Crippen MR) is 66.1 cm³/mol.